The van der Waals surface area contributed by atoms with Crippen LogP contribution in [0.1, 0.15) is 51.0 Å². The fraction of sp³-hybridized carbons (Fsp3) is 0.647. The summed E-state index contributed by atoms with van der Waals surface area (Å²) in [6.45, 7) is 3.33. The Hall–Kier alpha value is -0.740. The van der Waals surface area contributed by atoms with Crippen molar-refractivity contribution in [2.45, 2.75) is 57.1 Å². The molecule has 3 nitrogen and oxygen atoms in total. The number of ether oxygens (including phenoxy) is 2. The lowest BCUT2D eigenvalue weighted by Crippen LogP contribution is -2.34. The van der Waals surface area contributed by atoms with E-state index in [1.54, 1.807) is 7.11 Å². The molecular formula is C17H24BrNO2. The summed E-state index contributed by atoms with van der Waals surface area (Å²) in [7, 11) is 1.72. The van der Waals surface area contributed by atoms with E-state index in [-0.39, 0.29) is 5.54 Å². The SMILES string of the molecule is COc1cc(Br)cc(C2(C)CCCN2)c1OC1CCCC1. The van der Waals surface area contributed by atoms with Crippen molar-refractivity contribution in [1.29, 1.82) is 0 Å². The highest BCUT2D eigenvalue weighted by molar-refractivity contribution is 9.10. The Kier molecular flexibility index (Phi) is 4.46. The van der Waals surface area contributed by atoms with E-state index >= 15 is 0 Å². The zero-order valence-corrected chi connectivity index (χ0v) is 14.5. The van der Waals surface area contributed by atoms with Gasteiger partial charge in [-0.15, -0.1) is 0 Å². The van der Waals surface area contributed by atoms with Crippen LogP contribution in [0, 0.1) is 0 Å². The summed E-state index contributed by atoms with van der Waals surface area (Å²) in [5.41, 5.74) is 1.20. The first-order chi connectivity index (χ1) is 10.1. The van der Waals surface area contributed by atoms with Crippen molar-refractivity contribution >= 4 is 15.9 Å². The third kappa shape index (κ3) is 3.07. The van der Waals surface area contributed by atoms with Gasteiger partial charge < -0.3 is 14.8 Å². The second kappa shape index (κ2) is 6.17. The summed E-state index contributed by atoms with van der Waals surface area (Å²) < 4.78 is 13.0. The fourth-order valence-electron chi connectivity index (χ4n) is 3.55. The maximum atomic E-state index is 6.38. The summed E-state index contributed by atoms with van der Waals surface area (Å²) in [5, 5.41) is 3.64. The minimum Gasteiger partial charge on any atom is -0.493 e. The third-order valence-electron chi connectivity index (χ3n) is 4.79. The molecule has 3 rings (SSSR count). The van der Waals surface area contributed by atoms with Crippen LogP contribution in [-0.4, -0.2) is 19.8 Å². The number of hydrogen-bond acceptors (Lipinski definition) is 3. The molecule has 0 amide bonds. The fourth-order valence-corrected chi connectivity index (χ4v) is 3.99. The minimum absolute atomic E-state index is 0.0228. The molecule has 1 heterocycles. The van der Waals surface area contributed by atoms with Crippen LogP contribution in [0.4, 0.5) is 0 Å². The van der Waals surface area contributed by atoms with E-state index in [4.69, 9.17) is 9.47 Å². The molecule has 21 heavy (non-hydrogen) atoms. The second-order valence-corrected chi connectivity index (χ2v) is 7.29. The van der Waals surface area contributed by atoms with Crippen molar-refractivity contribution in [3.63, 3.8) is 0 Å². The van der Waals surface area contributed by atoms with Crippen LogP contribution in [0.5, 0.6) is 11.5 Å². The number of benzene rings is 1. The molecule has 0 bridgehead atoms. The molecule has 1 aromatic carbocycles. The largest absolute Gasteiger partial charge is 0.493 e. The van der Waals surface area contributed by atoms with E-state index in [9.17, 15) is 0 Å². The average Bonchev–Trinajstić information content (AvgIpc) is 3.12. The summed E-state index contributed by atoms with van der Waals surface area (Å²) in [4.78, 5) is 0. The van der Waals surface area contributed by atoms with E-state index in [0.29, 0.717) is 6.10 Å². The van der Waals surface area contributed by atoms with E-state index in [2.05, 4.69) is 34.2 Å². The molecule has 0 spiro atoms. The highest BCUT2D eigenvalue weighted by Crippen LogP contribution is 2.44. The lowest BCUT2D eigenvalue weighted by Gasteiger charge is -2.30. The van der Waals surface area contributed by atoms with Crippen molar-refractivity contribution in [2.24, 2.45) is 0 Å². The van der Waals surface area contributed by atoms with E-state index in [0.717, 1.165) is 41.8 Å². The minimum atomic E-state index is -0.0228. The lowest BCUT2D eigenvalue weighted by molar-refractivity contribution is 0.193. The number of nitrogens with one attached hydrogen (secondary N) is 1. The van der Waals surface area contributed by atoms with Crippen LogP contribution in [0.2, 0.25) is 0 Å². The Morgan fingerprint density at radius 1 is 1.24 bits per heavy atom. The third-order valence-corrected chi connectivity index (χ3v) is 5.25. The maximum Gasteiger partial charge on any atom is 0.166 e. The molecule has 1 aromatic rings. The van der Waals surface area contributed by atoms with E-state index in [1.807, 2.05) is 6.07 Å². The standard InChI is InChI=1S/C17H24BrNO2/c1-17(8-5-9-19-17)14-10-12(18)11-15(20-2)16(14)21-13-6-3-4-7-13/h10-11,13,19H,3-9H2,1-2H3. The van der Waals surface area contributed by atoms with Crippen molar-refractivity contribution in [1.82, 2.24) is 5.32 Å². The molecule has 1 aliphatic carbocycles. The summed E-state index contributed by atoms with van der Waals surface area (Å²) in [6, 6.07) is 4.19. The summed E-state index contributed by atoms with van der Waals surface area (Å²) in [5.74, 6) is 1.77. The van der Waals surface area contributed by atoms with Gasteiger partial charge in [0.25, 0.3) is 0 Å². The molecular weight excluding hydrogens is 330 g/mol. The average molecular weight is 354 g/mol. The van der Waals surface area contributed by atoms with Crippen molar-refractivity contribution in [3.8, 4) is 11.5 Å². The van der Waals surface area contributed by atoms with Gasteiger partial charge in [-0.1, -0.05) is 15.9 Å². The molecule has 1 aliphatic heterocycles. The van der Waals surface area contributed by atoms with Crippen molar-refractivity contribution in [3.05, 3.63) is 22.2 Å². The quantitative estimate of drug-likeness (QED) is 0.871. The van der Waals surface area contributed by atoms with Crippen molar-refractivity contribution < 1.29 is 9.47 Å². The Labute approximate surface area is 135 Å². The van der Waals surface area contributed by atoms with Gasteiger partial charge in [0.1, 0.15) is 0 Å². The predicted molar refractivity (Wildman–Crippen MR) is 88.2 cm³/mol. The maximum absolute atomic E-state index is 6.38. The Morgan fingerprint density at radius 2 is 2.00 bits per heavy atom. The van der Waals surface area contributed by atoms with Gasteiger partial charge in [0.05, 0.1) is 13.2 Å². The second-order valence-electron chi connectivity index (χ2n) is 6.37. The van der Waals surface area contributed by atoms with Gasteiger partial charge in [0.15, 0.2) is 11.5 Å². The topological polar surface area (TPSA) is 30.5 Å². The predicted octanol–water partition coefficient (Wildman–Crippen LogP) is 4.38. The van der Waals surface area contributed by atoms with Crippen LogP contribution < -0.4 is 14.8 Å². The Balaban J connectivity index is 2.01. The van der Waals surface area contributed by atoms with Gasteiger partial charge in [-0.2, -0.15) is 0 Å². The van der Waals surface area contributed by atoms with E-state index < -0.39 is 0 Å². The number of methoxy groups -OCH3 is 1. The lowest BCUT2D eigenvalue weighted by atomic mass is 9.89. The zero-order valence-electron chi connectivity index (χ0n) is 12.9. The molecule has 1 saturated carbocycles. The Bertz CT molecular complexity index is 506. The summed E-state index contributed by atoms with van der Waals surface area (Å²) in [6.07, 6.45) is 7.53. The van der Waals surface area contributed by atoms with Crippen LogP contribution >= 0.6 is 15.9 Å². The van der Waals surface area contributed by atoms with Crippen molar-refractivity contribution in [2.75, 3.05) is 13.7 Å². The molecule has 1 unspecified atom stereocenters. The number of halogens is 1. The highest BCUT2D eigenvalue weighted by atomic mass is 79.9. The van der Waals surface area contributed by atoms with Gasteiger partial charge in [0.2, 0.25) is 0 Å². The molecule has 1 saturated heterocycles. The highest BCUT2D eigenvalue weighted by Gasteiger charge is 2.35. The molecule has 1 atom stereocenters. The monoisotopic (exact) mass is 353 g/mol. The smallest absolute Gasteiger partial charge is 0.166 e. The number of hydrogen-bond donors (Lipinski definition) is 1. The van der Waals surface area contributed by atoms with Gasteiger partial charge in [-0.25, -0.2) is 0 Å². The first-order valence-corrected chi connectivity index (χ1v) is 8.71. The first-order valence-electron chi connectivity index (χ1n) is 7.92. The van der Waals surface area contributed by atoms with Crippen LogP contribution in [0.25, 0.3) is 0 Å². The van der Waals surface area contributed by atoms with E-state index in [1.165, 1.54) is 24.8 Å². The molecule has 1 N–H and O–H groups in total. The van der Waals surface area contributed by atoms with Gasteiger partial charge >= 0.3 is 0 Å². The van der Waals surface area contributed by atoms with Gasteiger partial charge in [0, 0.05) is 15.6 Å². The molecule has 0 radical (unpaired) electrons. The molecule has 2 aliphatic rings. The zero-order chi connectivity index (χ0) is 14.9. The molecule has 116 valence electrons. The van der Waals surface area contributed by atoms with Crippen LogP contribution in [-0.2, 0) is 5.54 Å². The van der Waals surface area contributed by atoms with Crippen LogP contribution in [0.3, 0.4) is 0 Å². The molecule has 0 aromatic heterocycles. The van der Waals surface area contributed by atoms with Crippen LogP contribution in [0.15, 0.2) is 16.6 Å². The first kappa shape index (κ1) is 15.2. The van der Waals surface area contributed by atoms with Gasteiger partial charge in [-0.3, -0.25) is 0 Å². The molecule has 2 fully saturated rings. The molecule has 4 heteroatoms. The Morgan fingerprint density at radius 3 is 2.62 bits per heavy atom. The number of rotatable bonds is 4. The summed E-state index contributed by atoms with van der Waals surface area (Å²) >= 11 is 3.61. The normalized spacial score (nSPS) is 26.2. The van der Waals surface area contributed by atoms with Gasteiger partial charge in [-0.05, 0) is 64.1 Å².